The van der Waals surface area contributed by atoms with E-state index in [1.165, 1.54) is 22.7 Å². The number of hydrogen-bond acceptors (Lipinski definition) is 7. The molecule has 2 amide bonds. The highest BCUT2D eigenvalue weighted by Gasteiger charge is 2.30. The van der Waals surface area contributed by atoms with Gasteiger partial charge < -0.3 is 15.0 Å². The molecule has 0 aromatic carbocycles. The van der Waals surface area contributed by atoms with Crippen LogP contribution in [0.4, 0.5) is 5.00 Å². The van der Waals surface area contributed by atoms with Crippen LogP contribution in [0, 0.1) is 17.2 Å². The van der Waals surface area contributed by atoms with Crippen molar-refractivity contribution in [3.05, 3.63) is 39.4 Å². The van der Waals surface area contributed by atoms with Gasteiger partial charge in [0.15, 0.2) is 6.61 Å². The number of thiophene rings is 2. The van der Waals surface area contributed by atoms with Gasteiger partial charge in [0.1, 0.15) is 11.1 Å². The topological polar surface area (TPSA) is 99.5 Å². The number of hydrogen-bond donors (Lipinski definition) is 1. The Bertz CT molecular complexity index is 870. The number of esters is 1. The zero-order valence-corrected chi connectivity index (χ0v) is 16.0. The molecule has 0 saturated carbocycles. The van der Waals surface area contributed by atoms with Crippen LogP contribution in [0.2, 0.25) is 0 Å². The quantitative estimate of drug-likeness (QED) is 0.774. The molecule has 2 aromatic rings. The van der Waals surface area contributed by atoms with Gasteiger partial charge in [0.25, 0.3) is 11.8 Å². The minimum atomic E-state index is -0.496. The van der Waals surface area contributed by atoms with Crippen LogP contribution in [0.15, 0.2) is 29.0 Å². The van der Waals surface area contributed by atoms with Crippen molar-refractivity contribution in [3.8, 4) is 6.07 Å². The molecule has 3 rings (SSSR count). The monoisotopic (exact) mass is 403 g/mol. The third-order valence-corrected chi connectivity index (χ3v) is 5.85. The third-order valence-electron chi connectivity index (χ3n) is 4.16. The summed E-state index contributed by atoms with van der Waals surface area (Å²) in [5.41, 5.74) is 0.370. The summed E-state index contributed by atoms with van der Waals surface area (Å²) in [7, 11) is 0. The molecule has 1 atom stereocenters. The molecule has 27 heavy (non-hydrogen) atoms. The van der Waals surface area contributed by atoms with E-state index in [0.717, 1.165) is 0 Å². The minimum Gasteiger partial charge on any atom is -0.455 e. The van der Waals surface area contributed by atoms with Crippen molar-refractivity contribution in [1.82, 2.24) is 4.90 Å². The zero-order valence-electron chi connectivity index (χ0n) is 14.3. The van der Waals surface area contributed by atoms with Crippen molar-refractivity contribution >= 4 is 45.5 Å². The first-order chi connectivity index (χ1) is 13.1. The summed E-state index contributed by atoms with van der Waals surface area (Å²) in [4.78, 5) is 39.0. The molecule has 7 nitrogen and oxygen atoms in total. The lowest BCUT2D eigenvalue weighted by atomic mass is 9.98. The van der Waals surface area contributed by atoms with Crippen molar-refractivity contribution < 1.29 is 19.1 Å². The zero-order chi connectivity index (χ0) is 19.2. The maximum absolute atomic E-state index is 12.4. The number of carbonyl (C=O) groups excluding carboxylic acids is 3. The van der Waals surface area contributed by atoms with E-state index in [9.17, 15) is 14.4 Å². The predicted octanol–water partition coefficient (Wildman–Crippen LogP) is 2.72. The van der Waals surface area contributed by atoms with Gasteiger partial charge in [0.2, 0.25) is 0 Å². The van der Waals surface area contributed by atoms with Gasteiger partial charge >= 0.3 is 5.97 Å². The van der Waals surface area contributed by atoms with E-state index >= 15 is 0 Å². The van der Waals surface area contributed by atoms with Gasteiger partial charge in [0, 0.05) is 13.1 Å². The Morgan fingerprint density at radius 2 is 2.15 bits per heavy atom. The van der Waals surface area contributed by atoms with Crippen LogP contribution in [-0.4, -0.2) is 42.4 Å². The number of carbonyl (C=O) groups is 3. The van der Waals surface area contributed by atoms with E-state index in [-0.39, 0.29) is 5.91 Å². The number of nitrogens with one attached hydrogen (secondary N) is 1. The fraction of sp³-hybridized carbons (Fsp3) is 0.333. The highest BCUT2D eigenvalue weighted by atomic mass is 32.1. The van der Waals surface area contributed by atoms with Crippen molar-refractivity contribution in [2.75, 3.05) is 25.0 Å². The fourth-order valence-corrected chi connectivity index (χ4v) is 4.27. The number of nitriles is 1. The average Bonchev–Trinajstić information content (AvgIpc) is 3.37. The van der Waals surface area contributed by atoms with Crippen molar-refractivity contribution in [3.63, 3.8) is 0 Å². The summed E-state index contributed by atoms with van der Waals surface area (Å²) in [6.45, 7) is 0.480. The van der Waals surface area contributed by atoms with Crippen molar-refractivity contribution in [1.29, 1.82) is 5.26 Å². The molecular formula is C18H17N3O4S2. The SMILES string of the molecule is N#Cc1ccsc1NC(=O)COC(=O)C1CCCN(C(=O)c2cccs2)C1. The first-order valence-corrected chi connectivity index (χ1v) is 10.1. The molecule has 9 heteroatoms. The standard InChI is InChI=1S/C18H17N3O4S2/c19-9-12-5-8-27-16(12)20-15(22)11-25-18(24)13-3-1-6-21(10-13)17(23)14-4-2-7-26-14/h2,4-5,7-8,13H,1,3,6,10-11H2,(H,20,22). The molecule has 1 aliphatic rings. The second-order valence-corrected chi connectivity index (χ2v) is 7.86. The number of likely N-dealkylation sites (tertiary alicyclic amines) is 1. The molecule has 140 valence electrons. The first kappa shape index (κ1) is 19.1. The van der Waals surface area contributed by atoms with Crippen LogP contribution in [-0.2, 0) is 14.3 Å². The van der Waals surface area contributed by atoms with Gasteiger partial charge in [-0.3, -0.25) is 14.4 Å². The van der Waals surface area contributed by atoms with Crippen molar-refractivity contribution in [2.24, 2.45) is 5.92 Å². The maximum Gasteiger partial charge on any atom is 0.311 e. The van der Waals surface area contributed by atoms with Gasteiger partial charge in [-0.1, -0.05) is 6.07 Å². The van der Waals surface area contributed by atoms with Crippen LogP contribution in [0.1, 0.15) is 28.1 Å². The van der Waals surface area contributed by atoms with Crippen LogP contribution in [0.25, 0.3) is 0 Å². The molecule has 0 radical (unpaired) electrons. The van der Waals surface area contributed by atoms with Gasteiger partial charge in [-0.15, -0.1) is 22.7 Å². The minimum absolute atomic E-state index is 0.0815. The molecule has 3 heterocycles. The lowest BCUT2D eigenvalue weighted by Crippen LogP contribution is -2.43. The normalized spacial score (nSPS) is 16.4. The van der Waals surface area contributed by atoms with E-state index in [2.05, 4.69) is 5.32 Å². The average molecular weight is 403 g/mol. The van der Waals surface area contributed by atoms with Gasteiger partial charge in [-0.2, -0.15) is 5.26 Å². The summed E-state index contributed by atoms with van der Waals surface area (Å²) in [5.74, 6) is -1.50. The maximum atomic E-state index is 12.4. The number of anilines is 1. The van der Waals surface area contributed by atoms with E-state index in [4.69, 9.17) is 10.00 Å². The smallest absolute Gasteiger partial charge is 0.311 e. The van der Waals surface area contributed by atoms with E-state index in [1.54, 1.807) is 22.4 Å². The lowest BCUT2D eigenvalue weighted by Gasteiger charge is -2.31. The highest BCUT2D eigenvalue weighted by molar-refractivity contribution is 7.14. The summed E-state index contributed by atoms with van der Waals surface area (Å²) in [6, 6.07) is 7.16. The molecule has 1 saturated heterocycles. The molecule has 2 aromatic heterocycles. The molecule has 0 aliphatic carbocycles. The third kappa shape index (κ3) is 4.72. The predicted molar refractivity (Wildman–Crippen MR) is 102 cm³/mol. The summed E-state index contributed by atoms with van der Waals surface area (Å²) < 4.78 is 5.12. The molecule has 1 unspecified atom stereocenters. The highest BCUT2D eigenvalue weighted by Crippen LogP contribution is 2.23. The number of piperidine rings is 1. The number of amides is 2. The largest absolute Gasteiger partial charge is 0.455 e. The summed E-state index contributed by atoms with van der Waals surface area (Å²) in [6.07, 6.45) is 1.34. The Kier molecular flexibility index (Phi) is 6.21. The second-order valence-electron chi connectivity index (χ2n) is 6.00. The van der Waals surface area contributed by atoms with E-state index in [1.807, 2.05) is 17.5 Å². The van der Waals surface area contributed by atoms with Gasteiger partial charge in [-0.25, -0.2) is 0 Å². The molecule has 0 bridgehead atoms. The second kappa shape index (κ2) is 8.79. The van der Waals surface area contributed by atoms with E-state index < -0.39 is 24.4 Å². The summed E-state index contributed by atoms with van der Waals surface area (Å²) in [5, 5.41) is 15.5. The summed E-state index contributed by atoms with van der Waals surface area (Å²) >= 11 is 2.60. The Morgan fingerprint density at radius 3 is 2.89 bits per heavy atom. The van der Waals surface area contributed by atoms with Crippen LogP contribution < -0.4 is 5.32 Å². The van der Waals surface area contributed by atoms with Gasteiger partial charge in [-0.05, 0) is 35.7 Å². The number of ether oxygens (including phenoxy) is 1. The Morgan fingerprint density at radius 1 is 1.30 bits per heavy atom. The molecule has 1 fully saturated rings. The van der Waals surface area contributed by atoms with Gasteiger partial charge in [0.05, 0.1) is 16.4 Å². The fourth-order valence-electron chi connectivity index (χ4n) is 2.82. The Balaban J connectivity index is 1.49. The van der Waals surface area contributed by atoms with Crippen LogP contribution in [0.3, 0.4) is 0 Å². The Labute approximate surface area is 164 Å². The molecule has 0 spiro atoms. The Hall–Kier alpha value is -2.70. The molecular weight excluding hydrogens is 386 g/mol. The van der Waals surface area contributed by atoms with Crippen molar-refractivity contribution in [2.45, 2.75) is 12.8 Å². The molecule has 1 N–H and O–H groups in total. The molecule has 1 aliphatic heterocycles. The number of rotatable bonds is 5. The van der Waals surface area contributed by atoms with Crippen LogP contribution in [0.5, 0.6) is 0 Å². The van der Waals surface area contributed by atoms with Crippen LogP contribution >= 0.6 is 22.7 Å². The lowest BCUT2D eigenvalue weighted by molar-refractivity contribution is -0.152. The number of nitrogens with zero attached hydrogens (tertiary/aromatic N) is 2. The first-order valence-electron chi connectivity index (χ1n) is 8.35. The van der Waals surface area contributed by atoms with E-state index in [0.29, 0.717) is 41.4 Å².